The summed E-state index contributed by atoms with van der Waals surface area (Å²) in [6.45, 7) is 0.251. The van der Waals surface area contributed by atoms with Gasteiger partial charge in [-0.2, -0.15) is 8.42 Å². The average Bonchev–Trinajstić information content (AvgIpc) is 2.75. The largest absolute Gasteiger partial charge is 0.388 e. The van der Waals surface area contributed by atoms with Crippen LogP contribution in [0, 0.1) is 0 Å². The Balaban J connectivity index is 1.71. The first kappa shape index (κ1) is 19.8. The zero-order valence-corrected chi connectivity index (χ0v) is 16.7. The smallest absolute Gasteiger partial charge is 0.332 e. The maximum atomic E-state index is 13.2. The number of halogens is 1. The van der Waals surface area contributed by atoms with E-state index in [4.69, 9.17) is 0 Å². The minimum Gasteiger partial charge on any atom is -0.388 e. The summed E-state index contributed by atoms with van der Waals surface area (Å²) in [4.78, 5) is 25.8. The predicted molar refractivity (Wildman–Crippen MR) is 111 cm³/mol. The number of carbonyl (C=O) groups is 2. The van der Waals surface area contributed by atoms with Crippen LogP contribution in [0.3, 0.4) is 0 Å². The van der Waals surface area contributed by atoms with E-state index in [-0.39, 0.29) is 23.7 Å². The summed E-state index contributed by atoms with van der Waals surface area (Å²) >= 11 is 0. The fourth-order valence-electron chi connectivity index (χ4n) is 3.55. The highest BCUT2D eigenvalue weighted by Gasteiger charge is 2.33. The Morgan fingerprint density at radius 2 is 1.33 bits per heavy atom. The van der Waals surface area contributed by atoms with Gasteiger partial charge in [0.1, 0.15) is 0 Å². The summed E-state index contributed by atoms with van der Waals surface area (Å²) in [5.74, 6) is -0.482. The van der Waals surface area contributed by atoms with E-state index >= 15 is 0 Å². The van der Waals surface area contributed by atoms with Crippen LogP contribution in [0.5, 0.6) is 0 Å². The molecule has 8 heteroatoms. The molecule has 0 fully saturated rings. The van der Waals surface area contributed by atoms with Gasteiger partial charge >= 0.3 is 10.2 Å². The van der Waals surface area contributed by atoms with E-state index in [2.05, 4.69) is 10.6 Å². The number of benzene rings is 3. The molecule has 0 saturated carbocycles. The summed E-state index contributed by atoms with van der Waals surface area (Å²) in [5, 5.41) is 6.10. The molecule has 0 aliphatic heterocycles. The summed E-state index contributed by atoms with van der Waals surface area (Å²) in [7, 11) is -3.08. The number of rotatable bonds is 5. The number of nitrogens with one attached hydrogen (secondary N) is 2. The third-order valence-electron chi connectivity index (χ3n) is 5.03. The molecule has 6 nitrogen and oxygen atoms in total. The van der Waals surface area contributed by atoms with E-state index in [1.165, 1.54) is 24.3 Å². The molecule has 0 bridgehead atoms. The lowest BCUT2D eigenvalue weighted by Gasteiger charge is -2.23. The van der Waals surface area contributed by atoms with E-state index < -0.39 is 15.1 Å². The lowest BCUT2D eigenvalue weighted by Crippen LogP contribution is -2.23. The number of hydrogen-bond donors (Lipinski definition) is 2. The Morgan fingerprint density at radius 1 is 0.800 bits per heavy atom. The SMILES string of the molecule is CNc1ccc(NCc2ccc(S(=O)(=O)F)cc2)c2c1C(=O)c1ccccc1C2=O. The minimum atomic E-state index is -4.76. The maximum absolute atomic E-state index is 13.2. The Bertz CT molecular complexity index is 1280. The van der Waals surface area contributed by atoms with Crippen molar-refractivity contribution in [2.75, 3.05) is 17.7 Å². The molecule has 0 amide bonds. The quantitative estimate of drug-likeness (QED) is 0.474. The number of fused-ring (bicyclic) bond motifs is 2. The molecule has 3 aromatic carbocycles. The van der Waals surface area contributed by atoms with Crippen LogP contribution in [0.2, 0.25) is 0 Å². The van der Waals surface area contributed by atoms with Crippen molar-refractivity contribution in [1.29, 1.82) is 0 Å². The van der Waals surface area contributed by atoms with Crippen molar-refractivity contribution >= 4 is 33.2 Å². The molecule has 2 N–H and O–H groups in total. The summed E-state index contributed by atoms with van der Waals surface area (Å²) in [6.07, 6.45) is 0. The van der Waals surface area contributed by atoms with Crippen LogP contribution in [0.15, 0.2) is 65.6 Å². The van der Waals surface area contributed by atoms with Gasteiger partial charge in [-0.1, -0.05) is 36.4 Å². The Morgan fingerprint density at radius 3 is 1.87 bits per heavy atom. The standard InChI is InChI=1S/C22H17FN2O4S/c1-24-17-10-11-18(25-12-13-6-8-14(9-7-13)30(23,28)29)20-19(17)21(26)15-4-2-3-5-16(15)22(20)27/h2-11,24-25H,12H2,1H3. The molecular weight excluding hydrogens is 407 g/mol. The highest BCUT2D eigenvalue weighted by Crippen LogP contribution is 2.36. The molecule has 4 rings (SSSR count). The molecule has 0 saturated heterocycles. The van der Waals surface area contributed by atoms with E-state index in [9.17, 15) is 21.9 Å². The van der Waals surface area contributed by atoms with Crippen LogP contribution in [0.1, 0.15) is 37.4 Å². The van der Waals surface area contributed by atoms with E-state index in [0.29, 0.717) is 33.6 Å². The van der Waals surface area contributed by atoms with E-state index in [1.807, 2.05) is 0 Å². The van der Waals surface area contributed by atoms with Gasteiger partial charge in [0, 0.05) is 36.1 Å². The van der Waals surface area contributed by atoms with Crippen LogP contribution in [0.4, 0.5) is 15.3 Å². The van der Waals surface area contributed by atoms with Gasteiger partial charge in [0.05, 0.1) is 16.0 Å². The fourth-order valence-corrected chi connectivity index (χ4v) is 4.01. The van der Waals surface area contributed by atoms with Crippen molar-refractivity contribution < 1.29 is 21.9 Å². The molecule has 1 aliphatic rings. The molecule has 1 aliphatic carbocycles. The molecule has 30 heavy (non-hydrogen) atoms. The van der Waals surface area contributed by atoms with Crippen molar-refractivity contribution in [2.45, 2.75) is 11.4 Å². The third-order valence-corrected chi connectivity index (χ3v) is 5.87. The van der Waals surface area contributed by atoms with E-state index in [0.717, 1.165) is 0 Å². The fraction of sp³-hybridized carbons (Fsp3) is 0.0909. The van der Waals surface area contributed by atoms with Crippen LogP contribution in [-0.2, 0) is 16.8 Å². The zero-order chi connectivity index (χ0) is 21.5. The van der Waals surface area contributed by atoms with Crippen molar-refractivity contribution in [3.8, 4) is 0 Å². The summed E-state index contributed by atoms with van der Waals surface area (Å²) in [5.41, 5.74) is 3.04. The first-order chi connectivity index (χ1) is 14.3. The number of carbonyl (C=O) groups excluding carboxylic acids is 2. The van der Waals surface area contributed by atoms with Crippen molar-refractivity contribution in [3.05, 3.63) is 88.5 Å². The molecule has 0 unspecified atom stereocenters. The number of anilines is 2. The molecule has 0 spiro atoms. The van der Waals surface area contributed by atoms with Gasteiger partial charge < -0.3 is 10.6 Å². The molecule has 0 radical (unpaired) electrons. The van der Waals surface area contributed by atoms with Gasteiger partial charge in [0.15, 0.2) is 11.6 Å². The number of ketones is 2. The second-order valence-electron chi connectivity index (χ2n) is 6.80. The first-order valence-corrected chi connectivity index (χ1v) is 10.5. The van der Waals surface area contributed by atoms with Gasteiger partial charge in [-0.3, -0.25) is 9.59 Å². The molecular formula is C22H17FN2O4S. The summed E-state index contributed by atoms with van der Waals surface area (Å²) < 4.78 is 35.0. The van der Waals surface area contributed by atoms with Crippen molar-refractivity contribution in [1.82, 2.24) is 0 Å². The maximum Gasteiger partial charge on any atom is 0.332 e. The molecule has 0 heterocycles. The van der Waals surface area contributed by atoms with Crippen molar-refractivity contribution in [3.63, 3.8) is 0 Å². The van der Waals surface area contributed by atoms with E-state index in [1.54, 1.807) is 43.4 Å². The van der Waals surface area contributed by atoms with Gasteiger partial charge in [-0.25, -0.2) is 0 Å². The molecule has 0 atom stereocenters. The Hall–Kier alpha value is -3.52. The highest BCUT2D eigenvalue weighted by molar-refractivity contribution is 7.86. The Kier molecular flexibility index (Phi) is 4.87. The molecule has 3 aromatic rings. The Labute approximate surface area is 173 Å². The first-order valence-electron chi connectivity index (χ1n) is 9.12. The van der Waals surface area contributed by atoms with Gasteiger partial charge in [0.2, 0.25) is 0 Å². The predicted octanol–water partition coefficient (Wildman–Crippen LogP) is 3.77. The monoisotopic (exact) mass is 424 g/mol. The lowest BCUT2D eigenvalue weighted by molar-refractivity contribution is 0.0980. The lowest BCUT2D eigenvalue weighted by atomic mass is 9.82. The van der Waals surface area contributed by atoms with Crippen LogP contribution in [0.25, 0.3) is 0 Å². The minimum absolute atomic E-state index is 0.231. The van der Waals surface area contributed by atoms with Crippen LogP contribution >= 0.6 is 0 Å². The number of hydrogen-bond acceptors (Lipinski definition) is 6. The van der Waals surface area contributed by atoms with Crippen molar-refractivity contribution in [2.24, 2.45) is 0 Å². The van der Waals surface area contributed by atoms with Crippen LogP contribution in [-0.4, -0.2) is 27.0 Å². The normalized spacial score (nSPS) is 12.9. The van der Waals surface area contributed by atoms with Gasteiger partial charge in [-0.15, -0.1) is 3.89 Å². The highest BCUT2D eigenvalue weighted by atomic mass is 32.3. The van der Waals surface area contributed by atoms with Gasteiger partial charge in [-0.05, 0) is 29.8 Å². The average molecular weight is 424 g/mol. The zero-order valence-electron chi connectivity index (χ0n) is 15.9. The second kappa shape index (κ2) is 7.38. The summed E-state index contributed by atoms with van der Waals surface area (Å²) in [6, 6.07) is 15.5. The second-order valence-corrected chi connectivity index (χ2v) is 8.15. The molecule has 0 aromatic heterocycles. The topological polar surface area (TPSA) is 92.3 Å². The third kappa shape index (κ3) is 3.35. The van der Waals surface area contributed by atoms with Crippen LogP contribution < -0.4 is 10.6 Å². The molecule has 152 valence electrons. The van der Waals surface area contributed by atoms with Gasteiger partial charge in [0.25, 0.3) is 0 Å².